The summed E-state index contributed by atoms with van der Waals surface area (Å²) in [6.07, 6.45) is -0.564. The Balaban J connectivity index is 1.75. The number of halogens is 2. The Morgan fingerprint density at radius 2 is 1.64 bits per heavy atom. The van der Waals surface area contributed by atoms with E-state index >= 15 is 0 Å². The quantitative estimate of drug-likeness (QED) is 0.770. The molecule has 2 aliphatic heterocycles. The average Bonchev–Trinajstić information content (AvgIpc) is 2.75. The lowest BCUT2D eigenvalue weighted by Crippen LogP contribution is -2.43. The molecule has 4 nitrogen and oxygen atoms in total. The Hall–Kier alpha value is -1.47. The molecule has 136 valence electrons. The molecule has 0 N–H and O–H groups in total. The van der Waals surface area contributed by atoms with E-state index in [9.17, 15) is 13.6 Å². The van der Waals surface area contributed by atoms with E-state index in [0.29, 0.717) is 5.56 Å². The van der Waals surface area contributed by atoms with Crippen LogP contribution in [0.4, 0.5) is 8.78 Å². The fraction of sp³-hybridized carbons (Fsp3) is 0.611. The summed E-state index contributed by atoms with van der Waals surface area (Å²) in [4.78, 5) is 14.1. The molecule has 3 rings (SSSR count). The van der Waals surface area contributed by atoms with Crippen molar-refractivity contribution in [2.45, 2.75) is 57.7 Å². The second-order valence-corrected chi connectivity index (χ2v) is 7.86. The lowest BCUT2D eigenvalue weighted by atomic mass is 9.78. The number of amides is 1. The molecule has 0 unspecified atom stereocenters. The van der Waals surface area contributed by atoms with Gasteiger partial charge in [0.05, 0.1) is 11.2 Å². The third kappa shape index (κ3) is 3.58. The summed E-state index contributed by atoms with van der Waals surface area (Å²) < 4.78 is 38.6. The second kappa shape index (κ2) is 6.06. The first-order valence-corrected chi connectivity index (χ1v) is 8.63. The number of carbonyl (C=O) groups excluding carboxylic acids is 1. The monoisotopic (exact) mass is 351 g/mol. The van der Waals surface area contributed by atoms with Crippen LogP contribution < -0.4 is 5.46 Å². The van der Waals surface area contributed by atoms with Gasteiger partial charge in [-0.1, -0.05) is 12.1 Å². The van der Waals surface area contributed by atoms with Gasteiger partial charge < -0.3 is 14.2 Å². The minimum absolute atomic E-state index is 0.0759. The van der Waals surface area contributed by atoms with Crippen molar-refractivity contribution in [2.24, 2.45) is 0 Å². The minimum atomic E-state index is -2.67. The molecular formula is C18H24BF2NO3. The van der Waals surface area contributed by atoms with E-state index in [1.54, 1.807) is 18.2 Å². The van der Waals surface area contributed by atoms with Crippen molar-refractivity contribution in [1.29, 1.82) is 0 Å². The first-order chi connectivity index (χ1) is 11.5. The lowest BCUT2D eigenvalue weighted by Gasteiger charge is -2.32. The van der Waals surface area contributed by atoms with Crippen molar-refractivity contribution in [3.05, 3.63) is 29.8 Å². The summed E-state index contributed by atoms with van der Waals surface area (Å²) in [6, 6.07) is 7.05. The van der Waals surface area contributed by atoms with Gasteiger partial charge in [0.15, 0.2) is 0 Å². The molecule has 1 aromatic rings. The van der Waals surface area contributed by atoms with E-state index in [1.165, 1.54) is 4.90 Å². The highest BCUT2D eigenvalue weighted by molar-refractivity contribution is 6.62. The molecule has 1 aromatic carbocycles. The predicted octanol–water partition coefficient (Wildman–Crippen LogP) is 2.86. The van der Waals surface area contributed by atoms with Crippen molar-refractivity contribution in [2.75, 3.05) is 13.1 Å². The van der Waals surface area contributed by atoms with Gasteiger partial charge >= 0.3 is 7.12 Å². The molecule has 0 spiro atoms. The topological polar surface area (TPSA) is 38.8 Å². The molecule has 2 fully saturated rings. The number of hydrogen-bond donors (Lipinski definition) is 0. The fourth-order valence-electron chi connectivity index (χ4n) is 3.02. The number of likely N-dealkylation sites (tertiary alicyclic amines) is 1. The van der Waals surface area contributed by atoms with Crippen LogP contribution in [0.1, 0.15) is 50.9 Å². The Morgan fingerprint density at radius 1 is 1.08 bits per heavy atom. The van der Waals surface area contributed by atoms with Crippen LogP contribution in [-0.2, 0) is 9.31 Å². The maximum atomic E-state index is 13.3. The average molecular weight is 351 g/mol. The summed E-state index contributed by atoms with van der Waals surface area (Å²) in [5, 5.41) is 0. The molecular weight excluding hydrogens is 327 g/mol. The molecule has 0 aromatic heterocycles. The van der Waals surface area contributed by atoms with E-state index in [4.69, 9.17) is 9.31 Å². The van der Waals surface area contributed by atoms with Crippen molar-refractivity contribution in [1.82, 2.24) is 4.90 Å². The Bertz CT molecular complexity index is 652. The maximum absolute atomic E-state index is 13.3. The highest BCUT2D eigenvalue weighted by Crippen LogP contribution is 2.36. The summed E-state index contributed by atoms with van der Waals surface area (Å²) in [5.74, 6) is -2.89. The molecule has 25 heavy (non-hydrogen) atoms. The first kappa shape index (κ1) is 18.3. The number of hydrogen-bond acceptors (Lipinski definition) is 3. The van der Waals surface area contributed by atoms with Crippen LogP contribution in [0, 0.1) is 0 Å². The van der Waals surface area contributed by atoms with Crippen LogP contribution in [0.2, 0.25) is 0 Å². The van der Waals surface area contributed by atoms with Crippen LogP contribution in [-0.4, -0.2) is 48.1 Å². The molecule has 2 saturated heterocycles. The SMILES string of the molecule is CC1(C)OB(c2cccc(C(=O)N3CCC(F)(F)CC3)c2)OC1(C)C. The van der Waals surface area contributed by atoms with E-state index in [1.807, 2.05) is 33.8 Å². The molecule has 1 amide bonds. The normalized spacial score (nSPS) is 24.4. The third-order valence-electron chi connectivity index (χ3n) is 5.44. The fourth-order valence-corrected chi connectivity index (χ4v) is 3.02. The number of rotatable bonds is 2. The smallest absolute Gasteiger partial charge is 0.399 e. The van der Waals surface area contributed by atoms with Gasteiger partial charge in [0, 0.05) is 31.5 Å². The molecule has 2 heterocycles. The second-order valence-electron chi connectivity index (χ2n) is 7.86. The van der Waals surface area contributed by atoms with Crippen molar-refractivity contribution in [3.8, 4) is 0 Å². The van der Waals surface area contributed by atoms with Gasteiger partial charge in [0.2, 0.25) is 0 Å². The molecule has 2 aliphatic rings. The zero-order valence-corrected chi connectivity index (χ0v) is 15.1. The van der Waals surface area contributed by atoms with Crippen LogP contribution >= 0.6 is 0 Å². The van der Waals surface area contributed by atoms with Crippen molar-refractivity contribution in [3.63, 3.8) is 0 Å². The van der Waals surface area contributed by atoms with Gasteiger partial charge in [0.1, 0.15) is 0 Å². The zero-order valence-electron chi connectivity index (χ0n) is 15.1. The van der Waals surface area contributed by atoms with Gasteiger partial charge in [-0.2, -0.15) is 0 Å². The highest BCUT2D eigenvalue weighted by Gasteiger charge is 2.51. The standard InChI is InChI=1S/C18H24BF2NO3/c1-16(2)17(3,4)25-19(24-16)14-7-5-6-13(12-14)15(23)22-10-8-18(20,21)9-11-22/h5-7,12H,8-11H2,1-4H3. The van der Waals surface area contributed by atoms with E-state index < -0.39 is 24.2 Å². The number of alkyl halides is 2. The molecule has 0 bridgehead atoms. The largest absolute Gasteiger partial charge is 0.494 e. The molecule has 0 radical (unpaired) electrons. The van der Waals surface area contributed by atoms with Gasteiger partial charge in [0.25, 0.3) is 11.8 Å². The van der Waals surface area contributed by atoms with Crippen LogP contribution in [0.5, 0.6) is 0 Å². The van der Waals surface area contributed by atoms with Gasteiger partial charge in [-0.05, 0) is 45.3 Å². The number of benzene rings is 1. The lowest BCUT2D eigenvalue weighted by molar-refractivity contribution is -0.0494. The van der Waals surface area contributed by atoms with Crippen LogP contribution in [0.15, 0.2) is 24.3 Å². The van der Waals surface area contributed by atoms with E-state index in [0.717, 1.165) is 5.46 Å². The van der Waals surface area contributed by atoms with Crippen LogP contribution in [0.25, 0.3) is 0 Å². The Morgan fingerprint density at radius 3 is 2.20 bits per heavy atom. The van der Waals surface area contributed by atoms with Crippen molar-refractivity contribution < 1.29 is 22.9 Å². The van der Waals surface area contributed by atoms with Gasteiger partial charge in [-0.15, -0.1) is 0 Å². The number of carbonyl (C=O) groups is 1. The maximum Gasteiger partial charge on any atom is 0.494 e. The van der Waals surface area contributed by atoms with Crippen molar-refractivity contribution >= 4 is 18.5 Å². The molecule has 0 aliphatic carbocycles. The number of nitrogens with zero attached hydrogens (tertiary/aromatic N) is 1. The molecule has 0 saturated carbocycles. The van der Waals surface area contributed by atoms with E-state index in [2.05, 4.69) is 0 Å². The number of piperidine rings is 1. The Kier molecular flexibility index (Phi) is 4.44. The molecule has 7 heteroatoms. The van der Waals surface area contributed by atoms with Gasteiger partial charge in [-0.25, -0.2) is 8.78 Å². The predicted molar refractivity (Wildman–Crippen MR) is 92.2 cm³/mol. The van der Waals surface area contributed by atoms with Gasteiger partial charge in [-0.3, -0.25) is 4.79 Å². The summed E-state index contributed by atoms with van der Waals surface area (Å²) in [6.45, 7) is 8.02. The summed E-state index contributed by atoms with van der Waals surface area (Å²) >= 11 is 0. The summed E-state index contributed by atoms with van der Waals surface area (Å²) in [7, 11) is -0.552. The third-order valence-corrected chi connectivity index (χ3v) is 5.44. The summed E-state index contributed by atoms with van der Waals surface area (Å²) in [5.41, 5.74) is 0.302. The first-order valence-electron chi connectivity index (χ1n) is 8.63. The Labute approximate surface area is 147 Å². The minimum Gasteiger partial charge on any atom is -0.399 e. The van der Waals surface area contributed by atoms with Crippen LogP contribution in [0.3, 0.4) is 0 Å². The molecule has 0 atom stereocenters. The van der Waals surface area contributed by atoms with E-state index in [-0.39, 0.29) is 31.8 Å². The highest BCUT2D eigenvalue weighted by atomic mass is 19.3. The zero-order chi connectivity index (χ0) is 18.5.